The summed E-state index contributed by atoms with van der Waals surface area (Å²) >= 11 is 0. The molecule has 2 aliphatic rings. The largest absolute Gasteiger partial charge is 0.336 e. The van der Waals surface area contributed by atoms with Crippen molar-refractivity contribution in [3.63, 3.8) is 0 Å². The molecule has 1 N–H and O–H groups in total. The van der Waals surface area contributed by atoms with Crippen molar-refractivity contribution in [3.05, 3.63) is 48.5 Å². The average Bonchev–Trinajstić information content (AvgIpc) is 3.31. The van der Waals surface area contributed by atoms with Crippen LogP contribution in [0, 0.1) is 0 Å². The number of aromatic nitrogens is 2. The summed E-state index contributed by atoms with van der Waals surface area (Å²) in [6.45, 7) is 2.69. The van der Waals surface area contributed by atoms with E-state index in [0.29, 0.717) is 31.9 Å². The third-order valence-corrected chi connectivity index (χ3v) is 4.91. The molecule has 0 radical (unpaired) electrons. The zero-order valence-corrected chi connectivity index (χ0v) is 14.0. The SMILES string of the molecule is O=C(c1cncn1-c1ccccc1)N1CCCC(N2CCNC2=O)C1. The second-order valence-electron chi connectivity index (χ2n) is 6.46. The van der Waals surface area contributed by atoms with Crippen LogP contribution in [0.4, 0.5) is 4.79 Å². The van der Waals surface area contributed by atoms with Crippen LogP contribution in [-0.2, 0) is 0 Å². The average molecular weight is 339 g/mol. The smallest absolute Gasteiger partial charge is 0.317 e. The molecule has 3 heterocycles. The van der Waals surface area contributed by atoms with Gasteiger partial charge in [-0.25, -0.2) is 9.78 Å². The number of hydrogen-bond acceptors (Lipinski definition) is 3. The van der Waals surface area contributed by atoms with E-state index in [2.05, 4.69) is 10.3 Å². The van der Waals surface area contributed by atoms with E-state index in [1.807, 2.05) is 44.7 Å². The molecule has 2 aliphatic heterocycles. The van der Waals surface area contributed by atoms with Crippen LogP contribution in [-0.4, -0.2) is 63.5 Å². The number of benzene rings is 1. The van der Waals surface area contributed by atoms with Crippen LogP contribution >= 0.6 is 0 Å². The van der Waals surface area contributed by atoms with Crippen molar-refractivity contribution < 1.29 is 9.59 Å². The summed E-state index contributed by atoms with van der Waals surface area (Å²) in [7, 11) is 0. The van der Waals surface area contributed by atoms with Gasteiger partial charge in [0.05, 0.1) is 18.6 Å². The van der Waals surface area contributed by atoms with Crippen molar-refractivity contribution in [1.29, 1.82) is 0 Å². The van der Waals surface area contributed by atoms with Crippen LogP contribution in [0.1, 0.15) is 23.3 Å². The van der Waals surface area contributed by atoms with Gasteiger partial charge in [-0.3, -0.25) is 9.36 Å². The highest BCUT2D eigenvalue weighted by atomic mass is 16.2. The second-order valence-corrected chi connectivity index (χ2v) is 6.46. The Balaban J connectivity index is 1.53. The minimum Gasteiger partial charge on any atom is -0.336 e. The molecule has 7 heteroatoms. The summed E-state index contributed by atoms with van der Waals surface area (Å²) in [4.78, 5) is 32.8. The molecule has 130 valence electrons. The van der Waals surface area contributed by atoms with Gasteiger partial charge in [0.25, 0.3) is 5.91 Å². The number of carbonyl (C=O) groups excluding carboxylic acids is 2. The van der Waals surface area contributed by atoms with E-state index in [1.165, 1.54) is 0 Å². The summed E-state index contributed by atoms with van der Waals surface area (Å²) in [5.74, 6) is -0.0364. The number of rotatable bonds is 3. The van der Waals surface area contributed by atoms with Gasteiger partial charge in [0.2, 0.25) is 0 Å². The Morgan fingerprint density at radius 3 is 2.80 bits per heavy atom. The molecule has 2 aromatic rings. The molecule has 0 bridgehead atoms. The highest BCUT2D eigenvalue weighted by Crippen LogP contribution is 2.20. The summed E-state index contributed by atoms with van der Waals surface area (Å²) in [6.07, 6.45) is 5.12. The number of para-hydroxylation sites is 1. The highest BCUT2D eigenvalue weighted by Gasteiger charge is 2.33. The van der Waals surface area contributed by atoms with Crippen LogP contribution in [0.5, 0.6) is 0 Å². The Hall–Kier alpha value is -2.83. The van der Waals surface area contributed by atoms with Crippen molar-refractivity contribution in [2.45, 2.75) is 18.9 Å². The van der Waals surface area contributed by atoms with Gasteiger partial charge in [0.15, 0.2) is 0 Å². The van der Waals surface area contributed by atoms with Gasteiger partial charge in [-0.05, 0) is 25.0 Å². The van der Waals surface area contributed by atoms with E-state index >= 15 is 0 Å². The lowest BCUT2D eigenvalue weighted by Crippen LogP contribution is -2.50. The van der Waals surface area contributed by atoms with Crippen LogP contribution in [0.15, 0.2) is 42.9 Å². The van der Waals surface area contributed by atoms with Gasteiger partial charge in [-0.15, -0.1) is 0 Å². The number of nitrogens with one attached hydrogen (secondary N) is 1. The fourth-order valence-electron chi connectivity index (χ4n) is 3.64. The molecule has 1 aromatic carbocycles. The molecule has 1 atom stereocenters. The van der Waals surface area contributed by atoms with Gasteiger partial charge < -0.3 is 15.1 Å². The lowest BCUT2D eigenvalue weighted by atomic mass is 10.0. The lowest BCUT2D eigenvalue weighted by molar-refractivity contribution is 0.0626. The fourth-order valence-corrected chi connectivity index (χ4v) is 3.64. The first kappa shape index (κ1) is 15.7. The van der Waals surface area contributed by atoms with E-state index in [-0.39, 0.29) is 18.0 Å². The Morgan fingerprint density at radius 2 is 2.04 bits per heavy atom. The molecular weight excluding hydrogens is 318 g/mol. The van der Waals surface area contributed by atoms with Crippen molar-refractivity contribution >= 4 is 11.9 Å². The van der Waals surface area contributed by atoms with Crippen molar-refractivity contribution in [2.24, 2.45) is 0 Å². The first-order valence-corrected chi connectivity index (χ1v) is 8.65. The molecule has 0 aliphatic carbocycles. The molecule has 1 aromatic heterocycles. The van der Waals surface area contributed by atoms with E-state index in [9.17, 15) is 9.59 Å². The molecule has 2 saturated heterocycles. The van der Waals surface area contributed by atoms with Crippen LogP contribution in [0.3, 0.4) is 0 Å². The quantitative estimate of drug-likeness (QED) is 0.921. The van der Waals surface area contributed by atoms with Crippen LogP contribution in [0.25, 0.3) is 5.69 Å². The summed E-state index contributed by atoms with van der Waals surface area (Å²) in [5.41, 5.74) is 1.47. The third-order valence-electron chi connectivity index (χ3n) is 4.91. The van der Waals surface area contributed by atoms with Crippen molar-refractivity contribution in [2.75, 3.05) is 26.2 Å². The predicted molar refractivity (Wildman–Crippen MR) is 92.6 cm³/mol. The minimum atomic E-state index is -0.0364. The first-order valence-electron chi connectivity index (χ1n) is 8.65. The Morgan fingerprint density at radius 1 is 1.20 bits per heavy atom. The Labute approximate surface area is 146 Å². The third kappa shape index (κ3) is 2.97. The summed E-state index contributed by atoms with van der Waals surface area (Å²) in [5, 5.41) is 2.84. The standard InChI is InChI=1S/C18H21N5O2/c24-17(16-11-19-13-23(16)14-5-2-1-3-6-14)21-9-4-7-15(12-21)22-10-8-20-18(22)25/h1-3,5-6,11,13,15H,4,7-10,12H2,(H,20,25). The maximum absolute atomic E-state index is 13.0. The molecule has 4 rings (SSSR count). The van der Waals surface area contributed by atoms with Crippen molar-refractivity contribution in [3.8, 4) is 5.69 Å². The molecule has 0 saturated carbocycles. The maximum Gasteiger partial charge on any atom is 0.317 e. The zero-order chi connectivity index (χ0) is 17.2. The first-order chi connectivity index (χ1) is 12.2. The Kier molecular flexibility index (Phi) is 4.13. The molecule has 7 nitrogen and oxygen atoms in total. The number of piperidine rings is 1. The number of amides is 3. The van der Waals surface area contributed by atoms with Crippen LogP contribution in [0.2, 0.25) is 0 Å². The number of nitrogens with zero attached hydrogens (tertiary/aromatic N) is 4. The van der Waals surface area contributed by atoms with Gasteiger partial charge in [0.1, 0.15) is 5.69 Å². The summed E-state index contributed by atoms with van der Waals surface area (Å²) in [6, 6.07) is 9.79. The van der Waals surface area contributed by atoms with E-state index in [1.54, 1.807) is 12.5 Å². The van der Waals surface area contributed by atoms with Gasteiger partial charge >= 0.3 is 6.03 Å². The second kappa shape index (κ2) is 6.58. The molecular formula is C18H21N5O2. The van der Waals surface area contributed by atoms with Crippen molar-refractivity contribution in [1.82, 2.24) is 24.7 Å². The lowest BCUT2D eigenvalue weighted by Gasteiger charge is -2.37. The minimum absolute atomic E-state index is 0.0198. The van der Waals surface area contributed by atoms with E-state index in [4.69, 9.17) is 0 Å². The zero-order valence-electron chi connectivity index (χ0n) is 14.0. The number of carbonyl (C=O) groups is 2. The van der Waals surface area contributed by atoms with Gasteiger partial charge in [-0.1, -0.05) is 18.2 Å². The van der Waals surface area contributed by atoms with E-state index in [0.717, 1.165) is 18.5 Å². The number of urea groups is 1. The van der Waals surface area contributed by atoms with Gasteiger partial charge in [0, 0.05) is 31.9 Å². The molecule has 1 unspecified atom stereocenters. The molecule has 0 spiro atoms. The fraction of sp³-hybridized carbons (Fsp3) is 0.389. The normalized spacial score (nSPS) is 20.6. The molecule has 3 amide bonds. The molecule has 2 fully saturated rings. The molecule has 25 heavy (non-hydrogen) atoms. The Bertz CT molecular complexity index is 773. The van der Waals surface area contributed by atoms with Crippen LogP contribution < -0.4 is 5.32 Å². The topological polar surface area (TPSA) is 70.5 Å². The monoisotopic (exact) mass is 339 g/mol. The van der Waals surface area contributed by atoms with E-state index < -0.39 is 0 Å². The number of imidazole rings is 1. The summed E-state index contributed by atoms with van der Waals surface area (Å²) < 4.78 is 1.81. The number of likely N-dealkylation sites (tertiary alicyclic amines) is 1. The maximum atomic E-state index is 13.0. The predicted octanol–water partition coefficient (Wildman–Crippen LogP) is 1.50. The number of hydrogen-bond donors (Lipinski definition) is 1. The highest BCUT2D eigenvalue weighted by molar-refractivity contribution is 5.93. The van der Waals surface area contributed by atoms with Gasteiger partial charge in [-0.2, -0.15) is 0 Å².